The maximum absolute atomic E-state index is 13.7. The number of carbonyl (C=O) groups is 1. The van der Waals surface area contributed by atoms with E-state index >= 15 is 0 Å². The molecule has 5 nitrogen and oxygen atoms in total. The van der Waals surface area contributed by atoms with Crippen molar-refractivity contribution >= 4 is 28.6 Å². The van der Waals surface area contributed by atoms with Gasteiger partial charge in [0.2, 0.25) is 0 Å². The predicted octanol–water partition coefficient (Wildman–Crippen LogP) is 4.62. The molecular formula is C17H14F4N4OS. The van der Waals surface area contributed by atoms with Crippen molar-refractivity contribution in [2.24, 2.45) is 0 Å². The third-order valence-corrected chi connectivity index (χ3v) is 4.88. The van der Waals surface area contributed by atoms with Crippen LogP contribution in [0.15, 0.2) is 36.4 Å². The summed E-state index contributed by atoms with van der Waals surface area (Å²) in [4.78, 5) is 12.8. The van der Waals surface area contributed by atoms with E-state index in [1.165, 1.54) is 28.9 Å². The van der Waals surface area contributed by atoms with Gasteiger partial charge >= 0.3 is 6.18 Å². The van der Waals surface area contributed by atoms with Gasteiger partial charge in [-0.2, -0.15) is 18.3 Å². The second-order valence-electron chi connectivity index (χ2n) is 5.56. The Morgan fingerprint density at radius 3 is 2.63 bits per heavy atom. The summed E-state index contributed by atoms with van der Waals surface area (Å²) in [5, 5.41) is 5.96. The number of amides is 1. The van der Waals surface area contributed by atoms with Crippen molar-refractivity contribution in [1.82, 2.24) is 9.78 Å². The first kappa shape index (κ1) is 18.9. The number of rotatable bonds is 4. The van der Waals surface area contributed by atoms with Gasteiger partial charge in [0.25, 0.3) is 5.91 Å². The third kappa shape index (κ3) is 3.80. The van der Waals surface area contributed by atoms with E-state index in [0.717, 1.165) is 17.4 Å². The highest BCUT2D eigenvalue weighted by Crippen LogP contribution is 2.38. The highest BCUT2D eigenvalue weighted by Gasteiger charge is 2.35. The number of nitrogens with zero attached hydrogens (tertiary/aromatic N) is 2. The zero-order valence-corrected chi connectivity index (χ0v) is 14.8. The Bertz CT molecular complexity index is 993. The third-order valence-electron chi connectivity index (χ3n) is 3.71. The normalized spacial score (nSPS) is 11.6. The fourth-order valence-corrected chi connectivity index (χ4v) is 3.44. The number of halogens is 4. The molecule has 0 bridgehead atoms. The molecule has 0 fully saturated rings. The van der Waals surface area contributed by atoms with E-state index in [-0.39, 0.29) is 28.5 Å². The molecule has 0 aliphatic rings. The summed E-state index contributed by atoms with van der Waals surface area (Å²) < 4.78 is 53.7. The maximum Gasteiger partial charge on any atom is 0.435 e. The summed E-state index contributed by atoms with van der Waals surface area (Å²) in [6.07, 6.45) is -4.59. The van der Waals surface area contributed by atoms with E-state index in [9.17, 15) is 22.4 Å². The number of benzene rings is 1. The van der Waals surface area contributed by atoms with Crippen molar-refractivity contribution < 1.29 is 22.4 Å². The van der Waals surface area contributed by atoms with Gasteiger partial charge in [-0.3, -0.25) is 9.48 Å². The second kappa shape index (κ2) is 7.03. The maximum atomic E-state index is 13.7. The number of thiophene rings is 1. The second-order valence-corrected chi connectivity index (χ2v) is 6.61. The SMILES string of the molecule is CCn1nc(C(F)(F)F)cc1-c1sc(C(=O)Nc2ccccc2F)cc1N. The van der Waals surface area contributed by atoms with Gasteiger partial charge in [0.05, 0.1) is 26.8 Å². The van der Waals surface area contributed by atoms with Gasteiger partial charge < -0.3 is 11.1 Å². The number of anilines is 2. The molecular weight excluding hydrogens is 384 g/mol. The van der Waals surface area contributed by atoms with Gasteiger partial charge in [-0.25, -0.2) is 4.39 Å². The minimum absolute atomic E-state index is 0.00557. The summed E-state index contributed by atoms with van der Waals surface area (Å²) in [6, 6.07) is 7.87. The van der Waals surface area contributed by atoms with Crippen molar-refractivity contribution in [1.29, 1.82) is 0 Å². The van der Waals surface area contributed by atoms with E-state index in [1.807, 2.05) is 0 Å². The Hall–Kier alpha value is -2.88. The Kier molecular flexibility index (Phi) is 4.92. The van der Waals surface area contributed by atoms with Crippen LogP contribution in [0.2, 0.25) is 0 Å². The number of nitrogens with one attached hydrogen (secondary N) is 1. The van der Waals surface area contributed by atoms with Crippen molar-refractivity contribution in [2.45, 2.75) is 19.6 Å². The minimum Gasteiger partial charge on any atom is -0.397 e. The molecule has 3 aromatic rings. The van der Waals surface area contributed by atoms with Gasteiger partial charge in [0.1, 0.15) is 5.82 Å². The molecule has 3 rings (SSSR count). The van der Waals surface area contributed by atoms with Crippen LogP contribution in [0.1, 0.15) is 22.3 Å². The van der Waals surface area contributed by atoms with Gasteiger partial charge in [0.15, 0.2) is 5.69 Å². The number of nitrogens with two attached hydrogens (primary N) is 1. The smallest absolute Gasteiger partial charge is 0.397 e. The molecule has 0 atom stereocenters. The average Bonchev–Trinajstić information content (AvgIpc) is 3.19. The standard InChI is InChI=1S/C17H14F4N4OS/c1-2-25-12(8-14(24-25)17(19,20)21)15-10(22)7-13(27-15)16(26)23-11-6-4-3-5-9(11)18/h3-8H,2,22H2,1H3,(H,23,26). The van der Waals surface area contributed by atoms with Crippen LogP contribution in [0.4, 0.5) is 28.9 Å². The number of nitrogen functional groups attached to an aromatic ring is 1. The molecule has 1 amide bonds. The lowest BCUT2D eigenvalue weighted by atomic mass is 10.2. The van der Waals surface area contributed by atoms with Crippen molar-refractivity contribution in [2.75, 3.05) is 11.1 Å². The number of alkyl halides is 3. The molecule has 27 heavy (non-hydrogen) atoms. The molecule has 2 heterocycles. The van der Waals surface area contributed by atoms with Gasteiger partial charge in [-0.1, -0.05) is 12.1 Å². The highest BCUT2D eigenvalue weighted by molar-refractivity contribution is 7.18. The lowest BCUT2D eigenvalue weighted by Crippen LogP contribution is -2.11. The lowest BCUT2D eigenvalue weighted by Gasteiger charge is -2.04. The summed E-state index contributed by atoms with van der Waals surface area (Å²) in [5.74, 6) is -1.21. The summed E-state index contributed by atoms with van der Waals surface area (Å²) in [6.45, 7) is 1.84. The number of hydrogen-bond donors (Lipinski definition) is 2. The van der Waals surface area contributed by atoms with E-state index < -0.39 is 23.6 Å². The van der Waals surface area contributed by atoms with Gasteiger partial charge in [0, 0.05) is 6.54 Å². The van der Waals surface area contributed by atoms with Crippen molar-refractivity contribution in [3.8, 4) is 10.6 Å². The van der Waals surface area contributed by atoms with Crippen LogP contribution in [-0.4, -0.2) is 15.7 Å². The van der Waals surface area contributed by atoms with Gasteiger partial charge in [-0.15, -0.1) is 11.3 Å². The van der Waals surface area contributed by atoms with Crippen LogP contribution in [-0.2, 0) is 12.7 Å². The van der Waals surface area contributed by atoms with Gasteiger partial charge in [-0.05, 0) is 31.2 Å². The Balaban J connectivity index is 1.94. The average molecular weight is 398 g/mol. The lowest BCUT2D eigenvalue weighted by molar-refractivity contribution is -0.141. The predicted molar refractivity (Wildman–Crippen MR) is 95.0 cm³/mol. The quantitative estimate of drug-likeness (QED) is 0.630. The van der Waals surface area contributed by atoms with Crippen LogP contribution in [0.3, 0.4) is 0 Å². The van der Waals surface area contributed by atoms with E-state index in [1.54, 1.807) is 13.0 Å². The van der Waals surface area contributed by atoms with Crippen LogP contribution in [0, 0.1) is 5.82 Å². The highest BCUT2D eigenvalue weighted by atomic mass is 32.1. The minimum atomic E-state index is -4.59. The Morgan fingerprint density at radius 1 is 1.30 bits per heavy atom. The van der Waals surface area contributed by atoms with Crippen LogP contribution in [0.25, 0.3) is 10.6 Å². The molecule has 3 N–H and O–H groups in total. The molecule has 2 aromatic heterocycles. The molecule has 0 saturated carbocycles. The van der Waals surface area contributed by atoms with Crippen LogP contribution >= 0.6 is 11.3 Å². The number of aryl methyl sites for hydroxylation is 1. The molecule has 0 radical (unpaired) electrons. The van der Waals surface area contributed by atoms with Crippen LogP contribution in [0.5, 0.6) is 0 Å². The fraction of sp³-hybridized carbons (Fsp3) is 0.176. The van der Waals surface area contributed by atoms with Crippen molar-refractivity contribution in [3.05, 3.63) is 52.8 Å². The zero-order chi connectivity index (χ0) is 19.8. The molecule has 0 unspecified atom stereocenters. The molecule has 0 aliphatic heterocycles. The first-order chi connectivity index (χ1) is 12.7. The first-order valence-corrected chi connectivity index (χ1v) is 8.63. The summed E-state index contributed by atoms with van der Waals surface area (Å²) >= 11 is 0.912. The van der Waals surface area contributed by atoms with Crippen molar-refractivity contribution in [3.63, 3.8) is 0 Å². The monoisotopic (exact) mass is 398 g/mol. The zero-order valence-electron chi connectivity index (χ0n) is 14.0. The Labute approximate surface area is 155 Å². The Morgan fingerprint density at radius 2 is 2.00 bits per heavy atom. The summed E-state index contributed by atoms with van der Waals surface area (Å²) in [5.41, 5.74) is 5.17. The largest absolute Gasteiger partial charge is 0.435 e. The molecule has 0 saturated heterocycles. The van der Waals surface area contributed by atoms with E-state index in [4.69, 9.17) is 5.73 Å². The molecule has 0 aliphatic carbocycles. The van der Waals surface area contributed by atoms with Crippen LogP contribution < -0.4 is 11.1 Å². The first-order valence-electron chi connectivity index (χ1n) is 7.81. The fourth-order valence-electron chi connectivity index (χ4n) is 2.44. The number of hydrogen-bond acceptors (Lipinski definition) is 4. The molecule has 10 heteroatoms. The van der Waals surface area contributed by atoms with E-state index in [2.05, 4.69) is 10.4 Å². The number of carbonyl (C=O) groups excluding carboxylic acids is 1. The summed E-state index contributed by atoms with van der Waals surface area (Å²) in [7, 11) is 0. The molecule has 1 aromatic carbocycles. The topological polar surface area (TPSA) is 72.9 Å². The molecule has 142 valence electrons. The number of aromatic nitrogens is 2. The molecule has 0 spiro atoms. The van der Waals surface area contributed by atoms with E-state index in [0.29, 0.717) is 4.88 Å². The number of para-hydroxylation sites is 1.